The lowest BCUT2D eigenvalue weighted by molar-refractivity contribution is -0.131. The van der Waals surface area contributed by atoms with Crippen molar-refractivity contribution in [3.05, 3.63) is 23.7 Å². The van der Waals surface area contributed by atoms with Crippen molar-refractivity contribution in [3.8, 4) is 0 Å². The van der Waals surface area contributed by atoms with Crippen molar-refractivity contribution in [2.24, 2.45) is 0 Å². The molecule has 0 bridgehead atoms. The molecular weight excluding hydrogens is 244 g/mol. The van der Waals surface area contributed by atoms with E-state index in [1.807, 2.05) is 19.1 Å². The second kappa shape index (κ2) is 6.30. The molecule has 0 aliphatic carbocycles. The molecule has 0 atom stereocenters. The van der Waals surface area contributed by atoms with E-state index in [4.69, 9.17) is 16.0 Å². The molecule has 0 aliphatic rings. The second-order valence-electron chi connectivity index (χ2n) is 3.67. The molecule has 0 spiro atoms. The Hall–Kier alpha value is -1.49. The third-order valence-electron chi connectivity index (χ3n) is 2.17. The molecule has 0 saturated carbocycles. The van der Waals surface area contributed by atoms with Crippen LogP contribution in [0.4, 0.5) is 0 Å². The van der Waals surface area contributed by atoms with Crippen molar-refractivity contribution in [1.29, 1.82) is 0 Å². The number of hydrogen-bond acceptors (Lipinski definition) is 3. The Bertz CT molecular complexity index is 403. The van der Waals surface area contributed by atoms with E-state index in [2.05, 4.69) is 5.32 Å². The van der Waals surface area contributed by atoms with Gasteiger partial charge in [0.05, 0.1) is 13.1 Å². The van der Waals surface area contributed by atoms with E-state index >= 15 is 0 Å². The summed E-state index contributed by atoms with van der Waals surface area (Å²) in [6.07, 6.45) is 0. The van der Waals surface area contributed by atoms with Crippen molar-refractivity contribution in [2.75, 3.05) is 19.5 Å². The van der Waals surface area contributed by atoms with Crippen LogP contribution >= 0.6 is 11.6 Å². The van der Waals surface area contributed by atoms with Gasteiger partial charge in [-0.3, -0.25) is 9.59 Å². The average molecular weight is 259 g/mol. The summed E-state index contributed by atoms with van der Waals surface area (Å²) in [6, 6.07) is 3.65. The number of furan rings is 1. The summed E-state index contributed by atoms with van der Waals surface area (Å²) >= 11 is 5.30. The van der Waals surface area contributed by atoms with E-state index in [0.717, 1.165) is 5.76 Å². The highest BCUT2D eigenvalue weighted by Gasteiger charge is 2.11. The predicted molar refractivity (Wildman–Crippen MR) is 63.6 cm³/mol. The molecule has 1 aromatic rings. The van der Waals surface area contributed by atoms with Gasteiger partial charge >= 0.3 is 0 Å². The zero-order valence-electron chi connectivity index (χ0n) is 9.83. The first-order valence-electron chi connectivity index (χ1n) is 5.15. The third-order valence-corrected chi connectivity index (χ3v) is 2.42. The van der Waals surface area contributed by atoms with Gasteiger partial charge in [0.15, 0.2) is 0 Å². The first kappa shape index (κ1) is 13.6. The van der Waals surface area contributed by atoms with Gasteiger partial charge in [-0.2, -0.15) is 0 Å². The number of nitrogens with one attached hydrogen (secondary N) is 1. The third kappa shape index (κ3) is 4.48. The molecule has 1 rings (SSSR count). The lowest BCUT2D eigenvalue weighted by Crippen LogP contribution is -2.38. The Balaban J connectivity index is 2.39. The first-order chi connectivity index (χ1) is 8.02. The van der Waals surface area contributed by atoms with Crippen LogP contribution in [0.5, 0.6) is 0 Å². The molecule has 0 aliphatic heterocycles. The SMILES string of the molecule is Cc1ccc(CN(C)C(=O)CNC(=O)CCl)o1. The zero-order valence-corrected chi connectivity index (χ0v) is 10.6. The van der Waals surface area contributed by atoms with Gasteiger partial charge in [-0.05, 0) is 19.1 Å². The molecule has 5 nitrogen and oxygen atoms in total. The quantitative estimate of drug-likeness (QED) is 0.799. The normalized spacial score (nSPS) is 10.1. The summed E-state index contributed by atoms with van der Waals surface area (Å²) < 4.78 is 5.35. The van der Waals surface area contributed by atoms with Crippen molar-refractivity contribution in [3.63, 3.8) is 0 Å². The smallest absolute Gasteiger partial charge is 0.242 e. The largest absolute Gasteiger partial charge is 0.464 e. The van der Waals surface area contributed by atoms with Crippen LogP contribution in [0.1, 0.15) is 11.5 Å². The summed E-state index contributed by atoms with van der Waals surface area (Å²) in [5.41, 5.74) is 0. The number of likely N-dealkylation sites (N-methyl/N-ethyl adjacent to an activating group) is 1. The van der Waals surface area contributed by atoms with E-state index in [1.54, 1.807) is 7.05 Å². The van der Waals surface area contributed by atoms with Crippen molar-refractivity contribution >= 4 is 23.4 Å². The summed E-state index contributed by atoms with van der Waals surface area (Å²) in [5, 5.41) is 2.41. The lowest BCUT2D eigenvalue weighted by Gasteiger charge is -2.15. The van der Waals surface area contributed by atoms with Gasteiger partial charge in [0.2, 0.25) is 11.8 Å². The topological polar surface area (TPSA) is 62.6 Å². The van der Waals surface area contributed by atoms with Crippen LogP contribution in [0.3, 0.4) is 0 Å². The summed E-state index contributed by atoms with van der Waals surface area (Å²) in [5.74, 6) is 0.812. The molecule has 94 valence electrons. The Morgan fingerprint density at radius 3 is 2.71 bits per heavy atom. The Kier molecular flexibility index (Phi) is 5.03. The number of hydrogen-bond donors (Lipinski definition) is 1. The van der Waals surface area contributed by atoms with Gasteiger partial charge in [0.25, 0.3) is 0 Å². The molecule has 1 aromatic heterocycles. The highest BCUT2D eigenvalue weighted by molar-refractivity contribution is 6.27. The lowest BCUT2D eigenvalue weighted by atomic mass is 10.4. The highest BCUT2D eigenvalue weighted by Crippen LogP contribution is 2.08. The molecule has 2 amide bonds. The van der Waals surface area contributed by atoms with E-state index in [9.17, 15) is 9.59 Å². The number of rotatable bonds is 5. The van der Waals surface area contributed by atoms with Crippen molar-refractivity contribution in [2.45, 2.75) is 13.5 Å². The number of nitrogens with zero attached hydrogens (tertiary/aromatic N) is 1. The van der Waals surface area contributed by atoms with Gasteiger partial charge < -0.3 is 14.6 Å². The molecule has 0 aromatic carbocycles. The molecule has 0 radical (unpaired) electrons. The van der Waals surface area contributed by atoms with Crippen LogP contribution in [0, 0.1) is 6.92 Å². The maximum Gasteiger partial charge on any atom is 0.242 e. The van der Waals surface area contributed by atoms with E-state index < -0.39 is 0 Å². The first-order valence-corrected chi connectivity index (χ1v) is 5.68. The number of aryl methyl sites for hydroxylation is 1. The number of alkyl halides is 1. The number of amides is 2. The second-order valence-corrected chi connectivity index (χ2v) is 3.94. The fourth-order valence-electron chi connectivity index (χ4n) is 1.25. The number of carbonyl (C=O) groups is 2. The maximum atomic E-state index is 11.6. The molecule has 17 heavy (non-hydrogen) atoms. The number of carbonyl (C=O) groups excluding carboxylic acids is 2. The van der Waals surface area contributed by atoms with Crippen LogP contribution in [-0.4, -0.2) is 36.2 Å². The fourth-order valence-corrected chi connectivity index (χ4v) is 1.34. The van der Waals surface area contributed by atoms with Gasteiger partial charge in [-0.25, -0.2) is 0 Å². The van der Waals surface area contributed by atoms with Crippen LogP contribution < -0.4 is 5.32 Å². The molecule has 0 fully saturated rings. The molecule has 1 N–H and O–H groups in total. The molecule has 0 unspecified atom stereocenters. The minimum atomic E-state index is -0.359. The maximum absolute atomic E-state index is 11.6. The highest BCUT2D eigenvalue weighted by atomic mass is 35.5. The van der Waals surface area contributed by atoms with Crippen LogP contribution in [0.25, 0.3) is 0 Å². The Labute approximate surface area is 105 Å². The van der Waals surface area contributed by atoms with E-state index in [1.165, 1.54) is 4.90 Å². The molecule has 1 heterocycles. The van der Waals surface area contributed by atoms with Crippen molar-refractivity contribution < 1.29 is 14.0 Å². The van der Waals surface area contributed by atoms with Gasteiger partial charge in [0, 0.05) is 7.05 Å². The zero-order chi connectivity index (χ0) is 12.8. The predicted octanol–water partition coefficient (Wildman–Crippen LogP) is 0.901. The van der Waals surface area contributed by atoms with Gasteiger partial charge in [0.1, 0.15) is 17.4 Å². The van der Waals surface area contributed by atoms with E-state index in [0.29, 0.717) is 12.3 Å². The molecule has 6 heteroatoms. The minimum Gasteiger partial charge on any atom is -0.464 e. The minimum absolute atomic E-state index is 0.0538. The van der Waals surface area contributed by atoms with Gasteiger partial charge in [-0.1, -0.05) is 0 Å². The van der Waals surface area contributed by atoms with Gasteiger partial charge in [-0.15, -0.1) is 11.6 Å². The van der Waals surface area contributed by atoms with Crippen LogP contribution in [0.15, 0.2) is 16.5 Å². The van der Waals surface area contributed by atoms with Crippen molar-refractivity contribution in [1.82, 2.24) is 10.2 Å². The molecule has 0 saturated heterocycles. The van der Waals surface area contributed by atoms with Crippen LogP contribution in [-0.2, 0) is 16.1 Å². The summed E-state index contributed by atoms with van der Waals surface area (Å²) in [6.45, 7) is 2.16. The van der Waals surface area contributed by atoms with Crippen LogP contribution in [0.2, 0.25) is 0 Å². The Morgan fingerprint density at radius 2 is 2.18 bits per heavy atom. The average Bonchev–Trinajstić information content (AvgIpc) is 2.70. The molecular formula is C11H15ClN2O3. The number of halogens is 1. The van der Waals surface area contributed by atoms with E-state index in [-0.39, 0.29) is 24.2 Å². The monoisotopic (exact) mass is 258 g/mol. The Morgan fingerprint density at radius 1 is 1.47 bits per heavy atom. The summed E-state index contributed by atoms with van der Waals surface area (Å²) in [7, 11) is 1.65. The standard InChI is InChI=1S/C11H15ClN2O3/c1-8-3-4-9(17-8)7-14(2)11(16)6-13-10(15)5-12/h3-4H,5-7H2,1-2H3,(H,13,15). The fraction of sp³-hybridized carbons (Fsp3) is 0.455. The summed E-state index contributed by atoms with van der Waals surface area (Å²) in [4.78, 5) is 23.9.